The van der Waals surface area contributed by atoms with Crippen molar-refractivity contribution in [2.45, 2.75) is 133 Å². The molecular formula is C79H71BN2S. The van der Waals surface area contributed by atoms with Crippen molar-refractivity contribution in [2.24, 2.45) is 35.5 Å². The zero-order valence-electron chi connectivity index (χ0n) is 48.8. The predicted molar refractivity (Wildman–Crippen MR) is 352 cm³/mol. The van der Waals surface area contributed by atoms with Crippen LogP contribution in [0.25, 0.3) is 86.1 Å². The molecule has 11 aromatic rings. The molecular weight excluding hydrogens is 1020 g/mol. The van der Waals surface area contributed by atoms with Crippen LogP contribution >= 0.6 is 11.3 Å². The minimum Gasteiger partial charge on any atom is -0.375 e. The molecule has 8 fully saturated rings. The normalized spacial score (nSPS) is 27.1. The molecule has 8 bridgehead atoms. The Hall–Kier alpha value is -6.88. The zero-order chi connectivity index (χ0) is 54.8. The van der Waals surface area contributed by atoms with Crippen LogP contribution in [0.4, 0.5) is 17.1 Å². The van der Waals surface area contributed by atoms with E-state index >= 15 is 0 Å². The van der Waals surface area contributed by atoms with Crippen molar-refractivity contribution in [1.82, 2.24) is 4.48 Å². The lowest BCUT2D eigenvalue weighted by Crippen LogP contribution is -2.57. The number of fused-ring (bicyclic) bond motifs is 16. The second-order valence-corrected chi connectivity index (χ2v) is 31.5. The highest BCUT2D eigenvalue weighted by molar-refractivity contribution is 7.26. The summed E-state index contributed by atoms with van der Waals surface area (Å²) in [6.45, 7) is 12.2. The monoisotopic (exact) mass is 1090 g/mol. The van der Waals surface area contributed by atoms with Gasteiger partial charge in [0.05, 0.1) is 11.4 Å². The number of thiophene rings is 1. The van der Waals surface area contributed by atoms with Gasteiger partial charge in [0.1, 0.15) is 0 Å². The van der Waals surface area contributed by atoms with Gasteiger partial charge in [0.25, 0.3) is 0 Å². The first-order valence-corrected chi connectivity index (χ1v) is 33.0. The second-order valence-electron chi connectivity index (χ2n) is 30.5. The molecule has 0 saturated heterocycles. The van der Waals surface area contributed by atoms with Crippen LogP contribution in [0.5, 0.6) is 0 Å². The molecule has 22 rings (SSSR count). The van der Waals surface area contributed by atoms with Crippen molar-refractivity contribution < 1.29 is 0 Å². The molecule has 406 valence electrons. The molecule has 0 atom stereocenters. The van der Waals surface area contributed by atoms with Gasteiger partial charge in [-0.25, -0.2) is 0 Å². The van der Waals surface area contributed by atoms with Gasteiger partial charge in [-0.2, -0.15) is 0 Å². The average Bonchev–Trinajstić information content (AvgIpc) is 3.04. The van der Waals surface area contributed by atoms with Gasteiger partial charge in [-0.3, -0.25) is 0 Å². The van der Waals surface area contributed by atoms with Gasteiger partial charge < -0.3 is 9.38 Å². The Labute approximate surface area is 493 Å². The van der Waals surface area contributed by atoms with Crippen molar-refractivity contribution in [1.29, 1.82) is 0 Å². The smallest absolute Gasteiger partial charge is 0.333 e. The maximum atomic E-state index is 2.95. The van der Waals surface area contributed by atoms with E-state index in [1.165, 1.54) is 208 Å². The van der Waals surface area contributed by atoms with Crippen LogP contribution in [0.1, 0.15) is 139 Å². The highest BCUT2D eigenvalue weighted by Crippen LogP contribution is 2.65. The lowest BCUT2D eigenvalue weighted by Gasteiger charge is -2.57. The van der Waals surface area contributed by atoms with Gasteiger partial charge in [0.2, 0.25) is 0 Å². The van der Waals surface area contributed by atoms with Crippen LogP contribution in [0.15, 0.2) is 158 Å². The lowest BCUT2D eigenvalue weighted by atomic mass is 9.44. The number of benzene rings is 9. The molecule has 9 aromatic carbocycles. The maximum Gasteiger partial charge on any atom is 0.333 e. The Morgan fingerprint density at radius 3 is 1.83 bits per heavy atom. The number of hydrogen-bond donors (Lipinski definition) is 0. The van der Waals surface area contributed by atoms with E-state index in [1.54, 1.807) is 11.1 Å². The van der Waals surface area contributed by atoms with E-state index in [2.05, 4.69) is 202 Å². The molecule has 0 radical (unpaired) electrons. The predicted octanol–water partition coefficient (Wildman–Crippen LogP) is 19.9. The fraction of sp³-hybridized carbons (Fsp3) is 0.342. The summed E-state index contributed by atoms with van der Waals surface area (Å²) < 4.78 is 5.66. The molecule has 11 aliphatic rings. The van der Waals surface area contributed by atoms with E-state index < -0.39 is 0 Å². The molecule has 0 unspecified atom stereocenters. The zero-order valence-corrected chi connectivity index (χ0v) is 49.7. The summed E-state index contributed by atoms with van der Waals surface area (Å²) in [5, 5.41) is 8.37. The Morgan fingerprint density at radius 2 is 1.13 bits per heavy atom. The van der Waals surface area contributed by atoms with E-state index in [1.807, 2.05) is 11.3 Å². The van der Waals surface area contributed by atoms with Crippen LogP contribution in [0, 0.1) is 35.5 Å². The third-order valence-corrected chi connectivity index (χ3v) is 25.4. The van der Waals surface area contributed by atoms with E-state index in [9.17, 15) is 0 Å². The third kappa shape index (κ3) is 6.22. The van der Waals surface area contributed by atoms with Crippen LogP contribution in [-0.4, -0.2) is 11.3 Å². The minimum absolute atomic E-state index is 0.0455. The third-order valence-electron chi connectivity index (χ3n) is 24.3. The molecule has 83 heavy (non-hydrogen) atoms. The van der Waals surface area contributed by atoms with Crippen molar-refractivity contribution in [3.05, 3.63) is 186 Å². The van der Waals surface area contributed by atoms with Crippen LogP contribution in [-0.2, 0) is 21.7 Å². The van der Waals surface area contributed by atoms with Crippen LogP contribution in [0.2, 0.25) is 0 Å². The van der Waals surface area contributed by atoms with E-state index in [0.29, 0.717) is 5.41 Å². The SMILES string of the molecule is CC(C)(C)c1ccc(N2c3c4c(cc5c3C(C)(C)c3ccccc3-5)-c3cc(C56CC7CC(CC(C7)C5)C6)cc5c6cc(C78CC9CC(CC(C9)C7)C8)ccc6n(c35)B4c3ccc4sc5cc6ccccc6cc5c4c32)c(-c2ccccc2)c1. The summed E-state index contributed by atoms with van der Waals surface area (Å²) >= 11 is 1.98. The molecule has 9 aliphatic carbocycles. The first kappa shape index (κ1) is 47.5. The molecule has 2 aliphatic heterocycles. The number of hydrogen-bond acceptors (Lipinski definition) is 2. The maximum absolute atomic E-state index is 2.95. The highest BCUT2D eigenvalue weighted by atomic mass is 32.1. The molecule has 0 spiro atoms. The summed E-state index contributed by atoms with van der Waals surface area (Å²) in [5.41, 5.74) is 25.8. The summed E-state index contributed by atoms with van der Waals surface area (Å²) in [6, 6.07) is 64.3. The standard InChI is InChI=1S/C79H71BN2S/c1-76(2,3)53-19-22-66(57(33-53)50-13-7-6-8-14-50)81-74-65(21-24-68-70(74)63-31-51-15-9-10-16-52(51)32-69(63)83-68)80-72-60(37-59-56-17-11-12-18-64(56)77(4,5)71(59)75(72)81)62-36-55(79-41-47-28-48(42-79)30-49(29-47)43-79)35-61-58-34-54(20-23-67(58)82(80)73(61)62)78-38-44-25-45(39-78)27-46(26-44)40-78/h6-24,31-37,44-49H,25-30,38-43H2,1-5H3. The number of anilines is 3. The Kier molecular flexibility index (Phi) is 9.10. The molecule has 0 amide bonds. The second kappa shape index (κ2) is 15.9. The van der Waals surface area contributed by atoms with Crippen molar-refractivity contribution in [3.8, 4) is 33.4 Å². The average molecular weight is 1090 g/mol. The summed E-state index contributed by atoms with van der Waals surface area (Å²) in [5.74, 6) is 5.29. The van der Waals surface area contributed by atoms with E-state index in [-0.39, 0.29) is 23.1 Å². The first-order valence-electron chi connectivity index (χ1n) is 32.2. The number of aromatic nitrogens is 1. The molecule has 4 heteroatoms. The molecule has 4 heterocycles. The Balaban J connectivity index is 0.965. The number of rotatable bonds is 4. The van der Waals surface area contributed by atoms with Crippen molar-refractivity contribution in [2.75, 3.05) is 4.90 Å². The minimum atomic E-state index is -0.294. The molecule has 2 aromatic heterocycles. The van der Waals surface area contributed by atoms with Crippen LogP contribution in [0.3, 0.4) is 0 Å². The Morgan fingerprint density at radius 1 is 0.494 bits per heavy atom. The van der Waals surface area contributed by atoms with Crippen molar-refractivity contribution >= 4 is 98.9 Å². The lowest BCUT2D eigenvalue weighted by molar-refractivity contribution is -0.00527. The molecule has 0 N–H and O–H groups in total. The molecule has 8 saturated carbocycles. The van der Waals surface area contributed by atoms with Crippen molar-refractivity contribution in [3.63, 3.8) is 0 Å². The first-order chi connectivity index (χ1) is 40.3. The van der Waals surface area contributed by atoms with Gasteiger partial charge in [0.15, 0.2) is 0 Å². The fourth-order valence-electron chi connectivity index (χ4n) is 21.7. The summed E-state index contributed by atoms with van der Waals surface area (Å²) in [6.07, 6.45) is 17.0. The summed E-state index contributed by atoms with van der Waals surface area (Å²) in [4.78, 5) is 2.89. The van der Waals surface area contributed by atoms with Gasteiger partial charge >= 0.3 is 6.85 Å². The van der Waals surface area contributed by atoms with E-state index in [0.717, 1.165) is 35.5 Å². The fourth-order valence-corrected chi connectivity index (χ4v) is 22.9. The van der Waals surface area contributed by atoms with Gasteiger partial charge in [0, 0.05) is 64.2 Å². The van der Waals surface area contributed by atoms with E-state index in [4.69, 9.17) is 0 Å². The van der Waals surface area contributed by atoms with Crippen LogP contribution < -0.4 is 15.8 Å². The largest absolute Gasteiger partial charge is 0.375 e. The molecule has 2 nitrogen and oxygen atoms in total. The van der Waals surface area contributed by atoms with Gasteiger partial charge in [-0.05, 0) is 261 Å². The van der Waals surface area contributed by atoms with Gasteiger partial charge in [-0.1, -0.05) is 132 Å². The van der Waals surface area contributed by atoms with Gasteiger partial charge in [-0.15, -0.1) is 11.3 Å². The highest BCUT2D eigenvalue weighted by Gasteiger charge is 2.55. The topological polar surface area (TPSA) is 8.17 Å². The number of nitrogens with zero attached hydrogens (tertiary/aromatic N) is 2. The summed E-state index contributed by atoms with van der Waals surface area (Å²) in [7, 11) is 0. The Bertz CT molecular complexity index is 4660. The quantitative estimate of drug-likeness (QED) is 0.160.